The molecular formula is C23H24ClNO4S. The molecule has 2 aromatic carbocycles. The van der Waals surface area contributed by atoms with Crippen LogP contribution in [0.5, 0.6) is 0 Å². The molecule has 3 rings (SSSR count). The topological polar surface area (TPSA) is 79.5 Å². The maximum Gasteiger partial charge on any atom is 0.326 e. The Hall–Kier alpha value is -2.44. The van der Waals surface area contributed by atoms with E-state index in [1.165, 1.54) is 11.8 Å². The van der Waals surface area contributed by atoms with Gasteiger partial charge in [0.1, 0.15) is 11.6 Å². The van der Waals surface area contributed by atoms with Gasteiger partial charge in [-0.1, -0.05) is 49.2 Å². The first kappa shape index (κ1) is 22.2. The van der Waals surface area contributed by atoms with E-state index in [0.29, 0.717) is 29.2 Å². The fourth-order valence-electron chi connectivity index (χ4n) is 3.37. The summed E-state index contributed by atoms with van der Waals surface area (Å²) in [6.45, 7) is 2.03. The molecule has 5 nitrogen and oxygen atoms in total. The molecule has 0 aliphatic carbocycles. The number of carbonyl (C=O) groups excluding carboxylic acids is 1. The summed E-state index contributed by atoms with van der Waals surface area (Å²) in [6, 6.07) is 12.4. The number of halogens is 1. The molecule has 7 heteroatoms. The molecule has 0 radical (unpaired) electrons. The number of hydrogen-bond acceptors (Lipinski definition) is 4. The number of hydrogen-bond donors (Lipinski definition) is 2. The van der Waals surface area contributed by atoms with Gasteiger partial charge >= 0.3 is 5.97 Å². The zero-order chi connectivity index (χ0) is 21.7. The molecule has 158 valence electrons. The van der Waals surface area contributed by atoms with Crippen LogP contribution in [0.1, 0.15) is 35.9 Å². The summed E-state index contributed by atoms with van der Waals surface area (Å²) in [4.78, 5) is 24.4. The number of thioether (sulfide) groups is 1. The van der Waals surface area contributed by atoms with E-state index in [4.69, 9.17) is 16.0 Å². The molecule has 3 aromatic rings. The highest BCUT2D eigenvalue weighted by atomic mass is 35.5. The lowest BCUT2D eigenvalue weighted by molar-refractivity contribution is -0.139. The van der Waals surface area contributed by atoms with Crippen LogP contribution in [0.25, 0.3) is 22.1 Å². The average molecular weight is 446 g/mol. The van der Waals surface area contributed by atoms with Crippen molar-refractivity contribution in [1.29, 1.82) is 0 Å². The number of carboxylic acid groups (broad SMARTS) is 1. The normalized spacial score (nSPS) is 12.1. The number of benzene rings is 2. The molecule has 1 heterocycles. The summed E-state index contributed by atoms with van der Waals surface area (Å²) in [6.07, 6.45) is 3.76. The largest absolute Gasteiger partial charge is 0.480 e. The summed E-state index contributed by atoms with van der Waals surface area (Å²) in [7, 11) is 0. The SMILES string of the molecule is CCCc1c(C(=O)N[C@@H](CCSC)C(=O)O)oc2cc(-c3ccc(Cl)cc3)ccc12. The average Bonchev–Trinajstić information content (AvgIpc) is 3.09. The number of furan rings is 1. The minimum Gasteiger partial charge on any atom is -0.480 e. The minimum absolute atomic E-state index is 0.190. The Morgan fingerprint density at radius 3 is 2.50 bits per heavy atom. The quantitative estimate of drug-likeness (QED) is 0.445. The van der Waals surface area contributed by atoms with Crippen LogP contribution >= 0.6 is 23.4 Å². The van der Waals surface area contributed by atoms with Crippen LogP contribution in [0.2, 0.25) is 5.02 Å². The summed E-state index contributed by atoms with van der Waals surface area (Å²) >= 11 is 7.52. The summed E-state index contributed by atoms with van der Waals surface area (Å²) in [5.41, 5.74) is 3.35. The van der Waals surface area contributed by atoms with Gasteiger partial charge in [-0.25, -0.2) is 4.79 Å². The van der Waals surface area contributed by atoms with Crippen molar-refractivity contribution in [2.24, 2.45) is 0 Å². The monoisotopic (exact) mass is 445 g/mol. The maximum absolute atomic E-state index is 12.9. The fourth-order valence-corrected chi connectivity index (χ4v) is 3.97. The van der Waals surface area contributed by atoms with Crippen molar-refractivity contribution in [1.82, 2.24) is 5.32 Å². The van der Waals surface area contributed by atoms with Crippen molar-refractivity contribution in [3.63, 3.8) is 0 Å². The molecule has 0 aliphatic heterocycles. The third-order valence-corrected chi connectivity index (χ3v) is 5.79. The van der Waals surface area contributed by atoms with Gasteiger partial charge in [0.05, 0.1) is 0 Å². The van der Waals surface area contributed by atoms with E-state index in [-0.39, 0.29) is 5.76 Å². The Labute approximate surface area is 184 Å². The molecule has 0 fully saturated rings. The van der Waals surface area contributed by atoms with E-state index in [0.717, 1.165) is 28.5 Å². The van der Waals surface area contributed by atoms with E-state index in [2.05, 4.69) is 5.32 Å². The second-order valence-corrected chi connectivity index (χ2v) is 8.45. The molecule has 1 aromatic heterocycles. The Morgan fingerprint density at radius 1 is 1.17 bits per heavy atom. The van der Waals surface area contributed by atoms with Gasteiger partial charge in [0.15, 0.2) is 5.76 Å². The van der Waals surface area contributed by atoms with Crippen LogP contribution in [0.4, 0.5) is 0 Å². The minimum atomic E-state index is -1.05. The predicted molar refractivity (Wildman–Crippen MR) is 123 cm³/mol. The second kappa shape index (κ2) is 10.0. The molecule has 0 spiro atoms. The molecular weight excluding hydrogens is 422 g/mol. The standard InChI is InChI=1S/C23H24ClNO4S/c1-3-4-18-17-10-7-15(14-5-8-16(24)9-6-14)13-20(17)29-21(18)22(26)25-19(23(27)28)11-12-30-2/h5-10,13,19H,3-4,11-12H2,1-2H3,(H,25,26)(H,27,28)/t19-/m0/s1. The Morgan fingerprint density at radius 2 is 1.87 bits per heavy atom. The summed E-state index contributed by atoms with van der Waals surface area (Å²) in [5.74, 6) is -0.703. The molecule has 0 saturated carbocycles. The predicted octanol–water partition coefficient (Wildman–Crippen LogP) is 5.64. The van der Waals surface area contributed by atoms with Crippen LogP contribution in [-0.4, -0.2) is 35.0 Å². The Bertz CT molecular complexity index is 1050. The van der Waals surface area contributed by atoms with Gasteiger partial charge in [0.2, 0.25) is 0 Å². The second-order valence-electron chi connectivity index (χ2n) is 7.02. The molecule has 0 saturated heterocycles. The Kier molecular flexibility index (Phi) is 7.45. The number of aryl methyl sites for hydroxylation is 1. The number of carbonyl (C=O) groups is 2. The van der Waals surface area contributed by atoms with E-state index in [1.807, 2.05) is 55.6 Å². The van der Waals surface area contributed by atoms with Gasteiger partial charge in [-0.3, -0.25) is 4.79 Å². The lowest BCUT2D eigenvalue weighted by Crippen LogP contribution is -2.41. The van der Waals surface area contributed by atoms with Crippen molar-refractivity contribution >= 4 is 46.2 Å². The number of rotatable bonds is 9. The van der Waals surface area contributed by atoms with Gasteiger partial charge in [-0.2, -0.15) is 11.8 Å². The molecule has 1 amide bonds. The number of nitrogens with one attached hydrogen (secondary N) is 1. The number of amides is 1. The van der Waals surface area contributed by atoms with Crippen molar-refractivity contribution in [3.05, 3.63) is 58.8 Å². The first-order valence-electron chi connectivity index (χ1n) is 9.78. The lowest BCUT2D eigenvalue weighted by Gasteiger charge is -2.13. The molecule has 0 bridgehead atoms. The van der Waals surface area contributed by atoms with E-state index >= 15 is 0 Å². The molecule has 1 atom stereocenters. The highest BCUT2D eigenvalue weighted by Crippen LogP contribution is 2.32. The number of carboxylic acids is 1. The fraction of sp³-hybridized carbons (Fsp3) is 0.304. The van der Waals surface area contributed by atoms with Crippen molar-refractivity contribution in [2.45, 2.75) is 32.2 Å². The number of aliphatic carboxylic acids is 1. The van der Waals surface area contributed by atoms with Crippen LogP contribution in [0.3, 0.4) is 0 Å². The van der Waals surface area contributed by atoms with E-state index in [1.54, 1.807) is 0 Å². The van der Waals surface area contributed by atoms with Crippen LogP contribution in [0, 0.1) is 0 Å². The number of fused-ring (bicyclic) bond motifs is 1. The first-order chi connectivity index (χ1) is 14.4. The zero-order valence-corrected chi connectivity index (χ0v) is 18.5. The van der Waals surface area contributed by atoms with Gasteiger partial charge in [-0.15, -0.1) is 0 Å². The smallest absolute Gasteiger partial charge is 0.326 e. The van der Waals surface area contributed by atoms with Crippen molar-refractivity contribution in [2.75, 3.05) is 12.0 Å². The van der Waals surface area contributed by atoms with Crippen LogP contribution < -0.4 is 5.32 Å². The van der Waals surface area contributed by atoms with Crippen LogP contribution in [0.15, 0.2) is 46.9 Å². The molecule has 2 N–H and O–H groups in total. The van der Waals surface area contributed by atoms with E-state index < -0.39 is 17.9 Å². The molecule has 30 heavy (non-hydrogen) atoms. The molecule has 0 unspecified atom stereocenters. The van der Waals surface area contributed by atoms with Crippen LogP contribution in [-0.2, 0) is 11.2 Å². The van der Waals surface area contributed by atoms with Gasteiger partial charge in [0.25, 0.3) is 5.91 Å². The molecule has 0 aliphatic rings. The van der Waals surface area contributed by atoms with Crippen molar-refractivity contribution < 1.29 is 19.1 Å². The summed E-state index contributed by atoms with van der Waals surface area (Å²) < 4.78 is 5.95. The van der Waals surface area contributed by atoms with Crippen molar-refractivity contribution in [3.8, 4) is 11.1 Å². The lowest BCUT2D eigenvalue weighted by atomic mass is 10.0. The van der Waals surface area contributed by atoms with Gasteiger partial charge in [-0.05, 0) is 54.2 Å². The zero-order valence-electron chi connectivity index (χ0n) is 16.9. The van der Waals surface area contributed by atoms with E-state index in [9.17, 15) is 14.7 Å². The third-order valence-electron chi connectivity index (χ3n) is 4.89. The summed E-state index contributed by atoms with van der Waals surface area (Å²) in [5, 5.41) is 13.6. The van der Waals surface area contributed by atoms with Gasteiger partial charge in [0, 0.05) is 16.0 Å². The maximum atomic E-state index is 12.9. The highest BCUT2D eigenvalue weighted by Gasteiger charge is 2.25. The van der Waals surface area contributed by atoms with Gasteiger partial charge < -0.3 is 14.8 Å². The Balaban J connectivity index is 1.96. The first-order valence-corrected chi connectivity index (χ1v) is 11.6. The third kappa shape index (κ3) is 4.99. The highest BCUT2D eigenvalue weighted by molar-refractivity contribution is 7.98.